The summed E-state index contributed by atoms with van der Waals surface area (Å²) >= 11 is 1.74. The van der Waals surface area contributed by atoms with Crippen LogP contribution in [0.25, 0.3) is 0 Å². The number of rotatable bonds is 4. The summed E-state index contributed by atoms with van der Waals surface area (Å²) in [6, 6.07) is 4.49. The van der Waals surface area contributed by atoms with E-state index in [2.05, 4.69) is 22.1 Å². The van der Waals surface area contributed by atoms with Gasteiger partial charge in [-0.15, -0.1) is 11.3 Å². The van der Waals surface area contributed by atoms with Gasteiger partial charge in [0.2, 0.25) is 0 Å². The minimum absolute atomic E-state index is 0.00974. The van der Waals surface area contributed by atoms with Crippen molar-refractivity contribution in [1.82, 2.24) is 10.6 Å². The monoisotopic (exact) mass is 322 g/mol. The Morgan fingerprint density at radius 2 is 2.05 bits per heavy atom. The van der Waals surface area contributed by atoms with Crippen molar-refractivity contribution in [3.63, 3.8) is 0 Å². The lowest BCUT2D eigenvalue weighted by Gasteiger charge is -2.42. The first kappa shape index (κ1) is 15.8. The van der Waals surface area contributed by atoms with Gasteiger partial charge >= 0.3 is 6.03 Å². The van der Waals surface area contributed by atoms with Crippen molar-refractivity contribution in [1.29, 1.82) is 0 Å². The van der Waals surface area contributed by atoms with Crippen LogP contribution in [0.1, 0.15) is 43.4 Å². The number of carbonyl (C=O) groups excluding carboxylic acids is 1. The quantitative estimate of drug-likeness (QED) is 0.893. The zero-order chi connectivity index (χ0) is 15.3. The van der Waals surface area contributed by atoms with Crippen molar-refractivity contribution in [2.24, 2.45) is 5.41 Å². The van der Waals surface area contributed by atoms with E-state index >= 15 is 0 Å². The molecule has 0 atom stereocenters. The van der Waals surface area contributed by atoms with Gasteiger partial charge in [-0.3, -0.25) is 0 Å². The second-order valence-electron chi connectivity index (χ2n) is 6.62. The highest BCUT2D eigenvalue weighted by atomic mass is 32.1. The molecule has 2 heterocycles. The Balaban J connectivity index is 1.34. The molecule has 1 saturated heterocycles. The fraction of sp³-hybridized carbons (Fsp3) is 0.706. The van der Waals surface area contributed by atoms with Gasteiger partial charge in [-0.2, -0.15) is 0 Å². The molecule has 1 aromatic heterocycles. The fourth-order valence-corrected chi connectivity index (χ4v) is 4.38. The third kappa shape index (κ3) is 4.23. The maximum absolute atomic E-state index is 12.0. The average molecular weight is 322 g/mol. The summed E-state index contributed by atoms with van der Waals surface area (Å²) in [6.07, 6.45) is 8.00. The Hall–Kier alpha value is -1.07. The molecule has 3 rings (SSSR count). The van der Waals surface area contributed by atoms with E-state index in [4.69, 9.17) is 4.74 Å². The number of urea groups is 1. The van der Waals surface area contributed by atoms with Gasteiger partial charge in [-0.1, -0.05) is 6.07 Å². The van der Waals surface area contributed by atoms with Crippen LogP contribution in [0.4, 0.5) is 4.79 Å². The molecule has 2 N–H and O–H groups in total. The highest BCUT2D eigenvalue weighted by molar-refractivity contribution is 7.09. The van der Waals surface area contributed by atoms with E-state index in [1.165, 1.54) is 30.6 Å². The van der Waals surface area contributed by atoms with Gasteiger partial charge < -0.3 is 15.4 Å². The predicted molar refractivity (Wildman–Crippen MR) is 89.3 cm³/mol. The van der Waals surface area contributed by atoms with Crippen LogP contribution in [0.15, 0.2) is 17.5 Å². The first-order chi connectivity index (χ1) is 10.8. The standard InChI is InChI=1S/C17H26N2O2S/c20-16(18-10-5-15-2-1-13-22-15)19-14-3-6-17(7-4-14)8-11-21-12-9-17/h1-2,13-14H,3-12H2,(H2,18,19,20). The molecule has 4 nitrogen and oxygen atoms in total. The topological polar surface area (TPSA) is 50.4 Å². The van der Waals surface area contributed by atoms with Gasteiger partial charge in [0.25, 0.3) is 0 Å². The number of amides is 2. The third-order valence-electron chi connectivity index (χ3n) is 5.17. The smallest absolute Gasteiger partial charge is 0.315 e. The van der Waals surface area contributed by atoms with Crippen LogP contribution >= 0.6 is 11.3 Å². The minimum atomic E-state index is -0.00974. The van der Waals surface area contributed by atoms with Crippen molar-refractivity contribution >= 4 is 17.4 Å². The molecule has 1 aliphatic carbocycles. The normalized spacial score (nSPS) is 21.6. The summed E-state index contributed by atoms with van der Waals surface area (Å²) in [5.41, 5.74) is 0.506. The summed E-state index contributed by atoms with van der Waals surface area (Å²) in [5.74, 6) is 0. The molecule has 0 bridgehead atoms. The summed E-state index contributed by atoms with van der Waals surface area (Å²) in [6.45, 7) is 2.54. The molecular weight excluding hydrogens is 296 g/mol. The van der Waals surface area contributed by atoms with Crippen molar-refractivity contribution in [3.8, 4) is 0 Å². The van der Waals surface area contributed by atoms with Gasteiger partial charge in [0, 0.05) is 30.7 Å². The van der Waals surface area contributed by atoms with E-state index in [-0.39, 0.29) is 6.03 Å². The lowest BCUT2D eigenvalue weighted by molar-refractivity contribution is -0.00860. The van der Waals surface area contributed by atoms with Crippen LogP contribution in [0.2, 0.25) is 0 Å². The van der Waals surface area contributed by atoms with Crippen molar-refractivity contribution in [2.75, 3.05) is 19.8 Å². The molecule has 0 radical (unpaired) electrons. The maximum Gasteiger partial charge on any atom is 0.315 e. The Morgan fingerprint density at radius 1 is 1.27 bits per heavy atom. The largest absolute Gasteiger partial charge is 0.381 e. The molecule has 0 aromatic carbocycles. The molecular formula is C17H26N2O2S. The molecule has 2 amide bonds. The zero-order valence-corrected chi connectivity index (χ0v) is 13.9. The molecule has 0 unspecified atom stereocenters. The number of nitrogens with one attached hydrogen (secondary N) is 2. The van der Waals surface area contributed by atoms with Crippen molar-refractivity contribution in [3.05, 3.63) is 22.4 Å². The third-order valence-corrected chi connectivity index (χ3v) is 6.11. The Labute approximate surface area is 136 Å². The van der Waals surface area contributed by atoms with Gasteiger partial charge in [0.05, 0.1) is 0 Å². The van der Waals surface area contributed by atoms with E-state index < -0.39 is 0 Å². The van der Waals surface area contributed by atoms with Gasteiger partial charge in [-0.25, -0.2) is 4.79 Å². The first-order valence-corrected chi connectivity index (χ1v) is 9.28. The Bertz CT molecular complexity index is 459. The lowest BCUT2D eigenvalue weighted by atomic mass is 9.68. The number of thiophene rings is 1. The molecule has 5 heteroatoms. The fourth-order valence-electron chi connectivity index (χ4n) is 3.67. The van der Waals surface area contributed by atoms with E-state index in [0.29, 0.717) is 18.0 Å². The highest BCUT2D eigenvalue weighted by Crippen LogP contribution is 2.43. The van der Waals surface area contributed by atoms with Crippen LogP contribution in [0, 0.1) is 5.41 Å². The molecule has 1 spiro atoms. The zero-order valence-electron chi connectivity index (χ0n) is 13.1. The van der Waals surface area contributed by atoms with E-state index in [1.54, 1.807) is 11.3 Å². The van der Waals surface area contributed by atoms with E-state index in [1.807, 2.05) is 6.07 Å². The lowest BCUT2D eigenvalue weighted by Crippen LogP contribution is -2.46. The van der Waals surface area contributed by atoms with Crippen LogP contribution in [-0.2, 0) is 11.2 Å². The van der Waals surface area contributed by atoms with E-state index in [9.17, 15) is 4.79 Å². The molecule has 1 aliphatic heterocycles. The second kappa shape index (κ2) is 7.47. The summed E-state index contributed by atoms with van der Waals surface area (Å²) in [4.78, 5) is 13.3. The SMILES string of the molecule is O=C(NCCc1cccs1)NC1CCC2(CCOCC2)CC1. The maximum atomic E-state index is 12.0. The van der Waals surface area contributed by atoms with Gasteiger partial charge in [-0.05, 0) is 61.8 Å². The summed E-state index contributed by atoms with van der Waals surface area (Å²) in [5, 5.41) is 8.19. The molecule has 2 fully saturated rings. The molecule has 22 heavy (non-hydrogen) atoms. The van der Waals surface area contributed by atoms with Gasteiger partial charge in [0.15, 0.2) is 0 Å². The first-order valence-electron chi connectivity index (χ1n) is 8.40. The van der Waals surface area contributed by atoms with Crippen LogP contribution < -0.4 is 10.6 Å². The molecule has 2 aliphatic rings. The summed E-state index contributed by atoms with van der Waals surface area (Å²) in [7, 11) is 0. The van der Waals surface area contributed by atoms with Gasteiger partial charge in [0.1, 0.15) is 0 Å². The van der Waals surface area contributed by atoms with Crippen LogP contribution in [0.3, 0.4) is 0 Å². The molecule has 1 aromatic rings. The predicted octanol–water partition coefficient (Wildman–Crippen LogP) is 3.33. The van der Waals surface area contributed by atoms with E-state index in [0.717, 1.165) is 32.5 Å². The average Bonchev–Trinajstić information content (AvgIpc) is 3.04. The number of ether oxygens (including phenoxy) is 1. The van der Waals surface area contributed by atoms with Crippen LogP contribution in [-0.4, -0.2) is 31.8 Å². The highest BCUT2D eigenvalue weighted by Gasteiger charge is 2.36. The van der Waals surface area contributed by atoms with Crippen molar-refractivity contribution < 1.29 is 9.53 Å². The molecule has 1 saturated carbocycles. The molecule has 122 valence electrons. The number of hydrogen-bond donors (Lipinski definition) is 2. The second-order valence-corrected chi connectivity index (χ2v) is 7.65. The Kier molecular flexibility index (Phi) is 5.37. The van der Waals surface area contributed by atoms with Crippen molar-refractivity contribution in [2.45, 2.75) is 51.0 Å². The Morgan fingerprint density at radius 3 is 2.73 bits per heavy atom. The summed E-state index contributed by atoms with van der Waals surface area (Å²) < 4.78 is 5.48. The van der Waals surface area contributed by atoms with Crippen LogP contribution in [0.5, 0.6) is 0 Å². The minimum Gasteiger partial charge on any atom is -0.381 e. The number of carbonyl (C=O) groups is 1. The number of hydrogen-bond acceptors (Lipinski definition) is 3.